The summed E-state index contributed by atoms with van der Waals surface area (Å²) in [7, 11) is 0. The number of hydrogen-bond acceptors (Lipinski definition) is 5. The van der Waals surface area contributed by atoms with Crippen LogP contribution >= 0.6 is 11.6 Å². The second kappa shape index (κ2) is 8.51. The molecule has 1 aliphatic heterocycles. The van der Waals surface area contributed by atoms with Crippen molar-refractivity contribution in [3.63, 3.8) is 0 Å². The minimum Gasteiger partial charge on any atom is -0.482 e. The maximum absolute atomic E-state index is 13.0. The summed E-state index contributed by atoms with van der Waals surface area (Å²) in [6.45, 7) is 6.32. The summed E-state index contributed by atoms with van der Waals surface area (Å²) in [4.78, 5) is 20.8. The minimum atomic E-state index is -0.439. The number of halogens is 2. The van der Waals surface area contributed by atoms with Gasteiger partial charge >= 0.3 is 0 Å². The Kier molecular flexibility index (Phi) is 6.11. The molecule has 1 aromatic heterocycles. The number of piperazine rings is 1. The first-order valence-electron chi connectivity index (χ1n) is 8.60. The zero-order valence-electron chi connectivity index (χ0n) is 14.6. The van der Waals surface area contributed by atoms with E-state index in [0.717, 1.165) is 26.1 Å². The average Bonchev–Trinajstić information content (AvgIpc) is 3.10. The van der Waals surface area contributed by atoms with Gasteiger partial charge in [-0.3, -0.25) is 9.69 Å². The van der Waals surface area contributed by atoms with Gasteiger partial charge in [0.25, 0.3) is 5.91 Å². The zero-order chi connectivity index (χ0) is 18.5. The van der Waals surface area contributed by atoms with E-state index in [9.17, 15) is 9.18 Å². The van der Waals surface area contributed by atoms with Crippen LogP contribution in [0, 0.1) is 5.82 Å². The summed E-state index contributed by atoms with van der Waals surface area (Å²) in [5.74, 6) is 0.00547. The molecule has 0 N–H and O–H groups in total. The third-order valence-corrected chi connectivity index (χ3v) is 4.51. The van der Waals surface area contributed by atoms with E-state index in [0.29, 0.717) is 18.8 Å². The Balaban J connectivity index is 1.55. The molecular weight excluding hydrogens is 361 g/mol. The number of carbonyl (C=O) groups is 1. The van der Waals surface area contributed by atoms with Crippen LogP contribution in [-0.2, 0) is 6.61 Å². The number of benzene rings is 1. The van der Waals surface area contributed by atoms with Crippen LogP contribution < -0.4 is 4.74 Å². The van der Waals surface area contributed by atoms with Crippen LogP contribution in [-0.4, -0.2) is 53.4 Å². The fourth-order valence-corrected chi connectivity index (χ4v) is 3.08. The lowest BCUT2D eigenvalue weighted by Crippen LogP contribution is -2.48. The van der Waals surface area contributed by atoms with Crippen LogP contribution in [0.1, 0.15) is 29.7 Å². The Bertz CT molecular complexity index is 760. The van der Waals surface area contributed by atoms with E-state index >= 15 is 0 Å². The number of amides is 1. The zero-order valence-corrected chi connectivity index (χ0v) is 15.3. The van der Waals surface area contributed by atoms with Crippen LogP contribution in [0.15, 0.2) is 28.9 Å². The van der Waals surface area contributed by atoms with Crippen molar-refractivity contribution in [1.82, 2.24) is 14.8 Å². The van der Waals surface area contributed by atoms with Crippen LogP contribution in [0.25, 0.3) is 0 Å². The van der Waals surface area contributed by atoms with Gasteiger partial charge in [0.05, 0.1) is 5.02 Å². The molecule has 0 unspecified atom stereocenters. The Morgan fingerprint density at radius 3 is 2.81 bits per heavy atom. The van der Waals surface area contributed by atoms with E-state index < -0.39 is 5.82 Å². The SMILES string of the molecule is CCCN1CCN(C(=O)c2coc(COc3ccc(F)cc3Cl)n2)CC1. The first-order chi connectivity index (χ1) is 12.6. The molecule has 0 radical (unpaired) electrons. The van der Waals surface area contributed by atoms with E-state index in [1.54, 1.807) is 4.90 Å². The molecule has 2 heterocycles. The molecule has 0 saturated carbocycles. The molecule has 2 aromatic rings. The Morgan fingerprint density at radius 1 is 1.35 bits per heavy atom. The lowest BCUT2D eigenvalue weighted by molar-refractivity contribution is 0.0631. The van der Waals surface area contributed by atoms with Gasteiger partial charge in [-0.05, 0) is 31.2 Å². The normalized spacial score (nSPS) is 15.3. The number of rotatable bonds is 6. The van der Waals surface area contributed by atoms with Gasteiger partial charge in [0, 0.05) is 26.2 Å². The van der Waals surface area contributed by atoms with Crippen LogP contribution in [0.4, 0.5) is 4.39 Å². The van der Waals surface area contributed by atoms with E-state index in [-0.39, 0.29) is 29.1 Å². The number of carbonyl (C=O) groups excluding carboxylic acids is 1. The smallest absolute Gasteiger partial charge is 0.275 e. The number of oxazole rings is 1. The first kappa shape index (κ1) is 18.7. The van der Waals surface area contributed by atoms with Gasteiger partial charge in [0.15, 0.2) is 12.3 Å². The summed E-state index contributed by atoms with van der Waals surface area (Å²) in [6.07, 6.45) is 2.45. The molecule has 1 aromatic carbocycles. The van der Waals surface area contributed by atoms with E-state index in [4.69, 9.17) is 20.8 Å². The number of ether oxygens (including phenoxy) is 1. The molecule has 0 spiro atoms. The highest BCUT2D eigenvalue weighted by atomic mass is 35.5. The molecule has 1 aliphatic rings. The predicted octanol–water partition coefficient (Wildman–Crippen LogP) is 3.21. The van der Waals surface area contributed by atoms with E-state index in [2.05, 4.69) is 16.8 Å². The van der Waals surface area contributed by atoms with Gasteiger partial charge in [0.1, 0.15) is 17.8 Å². The Morgan fingerprint density at radius 2 is 2.12 bits per heavy atom. The lowest BCUT2D eigenvalue weighted by atomic mass is 10.2. The van der Waals surface area contributed by atoms with Gasteiger partial charge < -0.3 is 14.1 Å². The molecule has 0 bridgehead atoms. The summed E-state index contributed by atoms with van der Waals surface area (Å²) in [6, 6.07) is 3.85. The molecule has 140 valence electrons. The molecule has 26 heavy (non-hydrogen) atoms. The monoisotopic (exact) mass is 381 g/mol. The van der Waals surface area contributed by atoms with Gasteiger partial charge in [-0.25, -0.2) is 9.37 Å². The quantitative estimate of drug-likeness (QED) is 0.769. The van der Waals surface area contributed by atoms with Crippen molar-refractivity contribution in [3.8, 4) is 5.75 Å². The standard InChI is InChI=1S/C18H21ClFN3O3/c1-2-5-22-6-8-23(9-7-22)18(24)15-11-26-17(21-15)12-25-16-4-3-13(20)10-14(16)19/h3-4,10-11H,2,5-9,12H2,1H3. The van der Waals surface area contributed by atoms with Gasteiger partial charge in [-0.2, -0.15) is 0 Å². The topological polar surface area (TPSA) is 58.8 Å². The number of hydrogen-bond donors (Lipinski definition) is 0. The van der Waals surface area contributed by atoms with Crippen molar-refractivity contribution in [1.29, 1.82) is 0 Å². The summed E-state index contributed by atoms with van der Waals surface area (Å²) >= 11 is 5.91. The third-order valence-electron chi connectivity index (χ3n) is 4.22. The Hall–Kier alpha value is -2.12. The summed E-state index contributed by atoms with van der Waals surface area (Å²) in [5.41, 5.74) is 0.262. The minimum absolute atomic E-state index is 0.00289. The van der Waals surface area contributed by atoms with Crippen LogP contribution in [0.3, 0.4) is 0 Å². The summed E-state index contributed by atoms with van der Waals surface area (Å²) in [5, 5.41) is 0.165. The van der Waals surface area contributed by atoms with Crippen molar-refractivity contribution >= 4 is 17.5 Å². The molecule has 0 atom stereocenters. The van der Waals surface area contributed by atoms with Crippen LogP contribution in [0.5, 0.6) is 5.75 Å². The highest BCUT2D eigenvalue weighted by Gasteiger charge is 2.24. The Labute approximate surface area is 156 Å². The maximum Gasteiger partial charge on any atom is 0.275 e. The number of aromatic nitrogens is 1. The highest BCUT2D eigenvalue weighted by molar-refractivity contribution is 6.32. The maximum atomic E-state index is 13.0. The van der Waals surface area contributed by atoms with Crippen molar-refractivity contribution in [3.05, 3.63) is 46.9 Å². The first-order valence-corrected chi connectivity index (χ1v) is 8.98. The van der Waals surface area contributed by atoms with E-state index in [1.807, 2.05) is 0 Å². The van der Waals surface area contributed by atoms with Gasteiger partial charge in [-0.1, -0.05) is 18.5 Å². The average molecular weight is 382 g/mol. The van der Waals surface area contributed by atoms with Gasteiger partial charge in [-0.15, -0.1) is 0 Å². The fourth-order valence-electron chi connectivity index (χ4n) is 2.86. The highest BCUT2D eigenvalue weighted by Crippen LogP contribution is 2.25. The molecule has 8 heteroatoms. The van der Waals surface area contributed by atoms with Crippen molar-refractivity contribution in [2.75, 3.05) is 32.7 Å². The third kappa shape index (κ3) is 4.53. The van der Waals surface area contributed by atoms with E-state index in [1.165, 1.54) is 24.5 Å². The molecule has 1 saturated heterocycles. The predicted molar refractivity (Wildman–Crippen MR) is 94.9 cm³/mol. The molecule has 1 fully saturated rings. The fraction of sp³-hybridized carbons (Fsp3) is 0.444. The summed E-state index contributed by atoms with van der Waals surface area (Å²) < 4.78 is 23.8. The molecule has 1 amide bonds. The van der Waals surface area contributed by atoms with Crippen molar-refractivity contribution < 1.29 is 18.3 Å². The van der Waals surface area contributed by atoms with Gasteiger partial charge in [0.2, 0.25) is 5.89 Å². The van der Waals surface area contributed by atoms with Crippen LogP contribution in [0.2, 0.25) is 5.02 Å². The molecular formula is C18H21ClFN3O3. The largest absolute Gasteiger partial charge is 0.482 e. The second-order valence-corrected chi connectivity index (χ2v) is 6.53. The van der Waals surface area contributed by atoms with Crippen molar-refractivity contribution in [2.45, 2.75) is 20.0 Å². The second-order valence-electron chi connectivity index (χ2n) is 6.12. The van der Waals surface area contributed by atoms with Crippen molar-refractivity contribution in [2.24, 2.45) is 0 Å². The number of nitrogens with zero attached hydrogens (tertiary/aromatic N) is 3. The molecule has 3 rings (SSSR count). The lowest BCUT2D eigenvalue weighted by Gasteiger charge is -2.34. The molecule has 6 nitrogen and oxygen atoms in total. The molecule has 0 aliphatic carbocycles.